The molecule has 2 aromatic heterocycles. The zero-order chi connectivity index (χ0) is 15.2. The van der Waals surface area contributed by atoms with Crippen molar-refractivity contribution in [3.8, 4) is 11.4 Å². The molecule has 9 heteroatoms. The first-order valence-corrected chi connectivity index (χ1v) is 7.76. The Morgan fingerprint density at radius 2 is 1.86 bits per heavy atom. The van der Waals surface area contributed by atoms with Crippen LogP contribution in [0.2, 0.25) is 0 Å². The molecule has 2 heterocycles. The second-order valence-corrected chi connectivity index (χ2v) is 6.53. The average molecular weight is 306 g/mol. The number of nitrogens with one attached hydrogen (secondary N) is 3. The van der Waals surface area contributed by atoms with Gasteiger partial charge in [-0.3, -0.25) is 14.8 Å². The lowest BCUT2D eigenvalue weighted by molar-refractivity contribution is 0.602. The third kappa shape index (κ3) is 2.38. The largest absolute Gasteiger partial charge is 0.332 e. The Balaban J connectivity index is 2.24. The summed E-state index contributed by atoms with van der Waals surface area (Å²) < 4.78 is 23.1. The molecule has 0 aliphatic rings. The Bertz CT molecular complexity index is 1060. The minimum atomic E-state index is -3.35. The quantitative estimate of drug-likeness (QED) is 0.614. The first-order chi connectivity index (χ1) is 9.84. The molecule has 0 aliphatic heterocycles. The monoisotopic (exact) mass is 306 g/mol. The van der Waals surface area contributed by atoms with Gasteiger partial charge in [0, 0.05) is 11.8 Å². The number of aromatic amines is 3. The van der Waals surface area contributed by atoms with E-state index in [2.05, 4.69) is 19.9 Å². The summed E-state index contributed by atoms with van der Waals surface area (Å²) in [4.78, 5) is 34.3. The van der Waals surface area contributed by atoms with Gasteiger partial charge in [-0.1, -0.05) is 12.1 Å². The molecule has 0 unspecified atom stereocenters. The van der Waals surface area contributed by atoms with Gasteiger partial charge in [0.05, 0.1) is 4.90 Å². The Morgan fingerprint density at radius 1 is 1.10 bits per heavy atom. The fourth-order valence-corrected chi connectivity index (χ4v) is 2.61. The van der Waals surface area contributed by atoms with Crippen LogP contribution in [-0.4, -0.2) is 34.6 Å². The van der Waals surface area contributed by atoms with Crippen LogP contribution in [0, 0.1) is 0 Å². The maximum atomic E-state index is 11.6. The van der Waals surface area contributed by atoms with Gasteiger partial charge >= 0.3 is 5.69 Å². The van der Waals surface area contributed by atoms with E-state index in [9.17, 15) is 18.0 Å². The highest BCUT2D eigenvalue weighted by molar-refractivity contribution is 7.90. The molecule has 108 valence electrons. The number of fused-ring (bicyclic) bond motifs is 1. The van der Waals surface area contributed by atoms with Crippen molar-refractivity contribution in [1.82, 2.24) is 19.9 Å². The Hall–Kier alpha value is -2.68. The topological polar surface area (TPSA) is 129 Å². The second-order valence-electron chi connectivity index (χ2n) is 4.52. The zero-order valence-corrected chi connectivity index (χ0v) is 11.6. The van der Waals surface area contributed by atoms with Gasteiger partial charge in [0.1, 0.15) is 11.3 Å². The van der Waals surface area contributed by atoms with Crippen LogP contribution >= 0.6 is 0 Å². The summed E-state index contributed by atoms with van der Waals surface area (Å²) in [6.07, 6.45) is 1.10. The molecule has 0 radical (unpaired) electrons. The van der Waals surface area contributed by atoms with E-state index in [1.807, 2.05) is 0 Å². The molecule has 1 aromatic carbocycles. The predicted octanol–water partition coefficient (Wildman–Crippen LogP) is 0.01000. The van der Waals surface area contributed by atoms with Gasteiger partial charge in [-0.2, -0.15) is 0 Å². The summed E-state index contributed by atoms with van der Waals surface area (Å²) >= 11 is 0. The van der Waals surface area contributed by atoms with Crippen LogP contribution in [0.25, 0.3) is 22.6 Å². The van der Waals surface area contributed by atoms with Crippen molar-refractivity contribution in [1.29, 1.82) is 0 Å². The highest BCUT2D eigenvalue weighted by atomic mass is 32.2. The summed E-state index contributed by atoms with van der Waals surface area (Å²) in [5.41, 5.74) is -0.519. The number of benzene rings is 1. The molecule has 0 saturated heterocycles. The summed E-state index contributed by atoms with van der Waals surface area (Å²) in [5, 5.41) is 0. The van der Waals surface area contributed by atoms with Gasteiger partial charge in [0.15, 0.2) is 15.5 Å². The molecule has 0 atom stereocenters. The lowest BCUT2D eigenvalue weighted by Gasteiger charge is -2.00. The van der Waals surface area contributed by atoms with Crippen molar-refractivity contribution in [2.45, 2.75) is 4.90 Å². The molecule has 8 nitrogen and oxygen atoms in total. The minimum absolute atomic E-state index is 0.114. The molecule has 3 rings (SSSR count). The summed E-state index contributed by atoms with van der Waals surface area (Å²) in [6.45, 7) is 0. The summed E-state index contributed by atoms with van der Waals surface area (Å²) in [5.74, 6) is 0.294. The minimum Gasteiger partial charge on any atom is -0.332 e. The summed E-state index contributed by atoms with van der Waals surface area (Å²) in [6, 6.07) is 6.14. The molecule has 3 aromatic rings. The van der Waals surface area contributed by atoms with Gasteiger partial charge in [0.2, 0.25) is 0 Å². The lowest BCUT2D eigenvalue weighted by atomic mass is 10.2. The van der Waals surface area contributed by atoms with E-state index in [0.717, 1.165) is 6.26 Å². The number of hydrogen-bond acceptors (Lipinski definition) is 5. The number of aromatic nitrogens is 4. The molecular formula is C12H10N4O4S. The normalized spacial score (nSPS) is 11.9. The molecular weight excluding hydrogens is 296 g/mol. The van der Waals surface area contributed by atoms with E-state index in [1.165, 1.54) is 12.1 Å². The van der Waals surface area contributed by atoms with Gasteiger partial charge in [-0.25, -0.2) is 18.2 Å². The van der Waals surface area contributed by atoms with Gasteiger partial charge < -0.3 is 4.98 Å². The van der Waals surface area contributed by atoms with Crippen molar-refractivity contribution in [2.75, 3.05) is 6.26 Å². The van der Waals surface area contributed by atoms with Crippen molar-refractivity contribution >= 4 is 21.0 Å². The number of rotatable bonds is 2. The molecule has 3 N–H and O–H groups in total. The molecule has 0 fully saturated rings. The molecule has 0 amide bonds. The van der Waals surface area contributed by atoms with E-state index < -0.39 is 21.1 Å². The van der Waals surface area contributed by atoms with E-state index in [1.54, 1.807) is 12.1 Å². The van der Waals surface area contributed by atoms with Crippen molar-refractivity contribution in [2.24, 2.45) is 0 Å². The predicted molar refractivity (Wildman–Crippen MR) is 75.9 cm³/mol. The van der Waals surface area contributed by atoms with Crippen LogP contribution in [-0.2, 0) is 9.84 Å². The number of sulfone groups is 1. The fraction of sp³-hybridized carbons (Fsp3) is 0.0833. The van der Waals surface area contributed by atoms with Crippen molar-refractivity contribution < 1.29 is 8.42 Å². The fourth-order valence-electron chi connectivity index (χ4n) is 1.94. The van der Waals surface area contributed by atoms with Crippen LogP contribution in [0.4, 0.5) is 0 Å². The van der Waals surface area contributed by atoms with E-state index in [-0.39, 0.29) is 16.1 Å². The van der Waals surface area contributed by atoms with Gasteiger partial charge in [-0.15, -0.1) is 0 Å². The summed E-state index contributed by atoms with van der Waals surface area (Å²) in [7, 11) is -3.35. The molecule has 0 spiro atoms. The third-order valence-corrected chi connectivity index (χ3v) is 4.04. The van der Waals surface area contributed by atoms with E-state index in [0.29, 0.717) is 11.4 Å². The maximum absolute atomic E-state index is 11.6. The molecule has 0 aliphatic carbocycles. The first kappa shape index (κ1) is 13.3. The number of H-pyrrole nitrogens is 3. The van der Waals surface area contributed by atoms with Crippen LogP contribution in [0.3, 0.4) is 0 Å². The third-order valence-electron chi connectivity index (χ3n) is 2.93. The molecule has 0 bridgehead atoms. The van der Waals surface area contributed by atoms with Crippen LogP contribution < -0.4 is 11.2 Å². The highest BCUT2D eigenvalue weighted by Crippen LogP contribution is 2.20. The van der Waals surface area contributed by atoms with Crippen LogP contribution in [0.1, 0.15) is 0 Å². The van der Waals surface area contributed by atoms with Crippen LogP contribution in [0.15, 0.2) is 38.8 Å². The van der Waals surface area contributed by atoms with E-state index >= 15 is 0 Å². The number of imidazole rings is 1. The SMILES string of the molecule is CS(=O)(=O)c1cccc(-c2nc3[nH]c(=O)[nH]c(=O)c3[nH]2)c1. The van der Waals surface area contributed by atoms with E-state index in [4.69, 9.17) is 0 Å². The Kier molecular flexibility index (Phi) is 2.80. The smallest absolute Gasteiger partial charge is 0.327 e. The number of hydrogen-bond donors (Lipinski definition) is 3. The zero-order valence-electron chi connectivity index (χ0n) is 10.8. The Labute approximate surface area is 117 Å². The van der Waals surface area contributed by atoms with Gasteiger partial charge in [0.25, 0.3) is 5.56 Å². The lowest BCUT2D eigenvalue weighted by Crippen LogP contribution is -2.21. The van der Waals surface area contributed by atoms with Gasteiger partial charge in [-0.05, 0) is 12.1 Å². The molecule has 21 heavy (non-hydrogen) atoms. The average Bonchev–Trinajstić information content (AvgIpc) is 2.82. The molecule has 0 saturated carbocycles. The van der Waals surface area contributed by atoms with Crippen LogP contribution in [0.5, 0.6) is 0 Å². The number of nitrogens with zero attached hydrogens (tertiary/aromatic N) is 1. The Morgan fingerprint density at radius 3 is 2.57 bits per heavy atom. The standard InChI is InChI=1S/C12H10N4O4S/c1-21(19,20)7-4-2-3-6(5-7)9-13-8-10(14-9)15-12(18)16-11(8)17/h2-5H,1H3,(H3,13,14,15,16,17,18). The highest BCUT2D eigenvalue weighted by Gasteiger charge is 2.12. The van der Waals surface area contributed by atoms with Crippen molar-refractivity contribution in [3.05, 3.63) is 45.1 Å². The first-order valence-electron chi connectivity index (χ1n) is 5.87. The second kappa shape index (κ2) is 4.42. The van der Waals surface area contributed by atoms with Crippen molar-refractivity contribution in [3.63, 3.8) is 0 Å². The maximum Gasteiger partial charge on any atom is 0.327 e.